The molecule has 0 fully saturated rings. The average Bonchev–Trinajstić information content (AvgIpc) is 2.42. The fraction of sp³-hybridized carbons (Fsp3) is 0.944. The molecule has 0 radical (unpaired) electrons. The summed E-state index contributed by atoms with van der Waals surface area (Å²) in [5.74, 6) is -0.0362. The number of unbranched alkanes of at least 4 members (excludes halogenated alkanes) is 10. The standard InChI is InChI=1S/C17H34O2.CCl2F2/c1-4-5-6-7-8-9-10-11-12-13-14-15-17(18)19-16(2)3;2-1(3,4)5/h16H,4-15H2,1-3H3;. The van der Waals surface area contributed by atoms with E-state index in [-0.39, 0.29) is 12.1 Å². The number of halogens is 4. The van der Waals surface area contributed by atoms with Gasteiger partial charge >= 0.3 is 10.8 Å². The van der Waals surface area contributed by atoms with Gasteiger partial charge in [-0.3, -0.25) is 4.79 Å². The molecule has 0 rings (SSSR count). The molecule has 0 aromatic rings. The van der Waals surface area contributed by atoms with Crippen LogP contribution in [0.2, 0.25) is 0 Å². The zero-order chi connectivity index (χ0) is 18.8. The summed E-state index contributed by atoms with van der Waals surface area (Å²) in [7, 11) is 0. The third-order valence-corrected chi connectivity index (χ3v) is 3.35. The second-order valence-corrected chi connectivity index (χ2v) is 7.40. The Morgan fingerprint density at radius 1 is 0.875 bits per heavy atom. The maximum absolute atomic E-state index is 11.3. The van der Waals surface area contributed by atoms with Crippen LogP contribution in [0.1, 0.15) is 97.8 Å². The molecule has 0 N–H and O–H groups in total. The predicted octanol–water partition coefficient (Wildman–Crippen LogP) is 7.65. The summed E-state index contributed by atoms with van der Waals surface area (Å²) < 4.78 is 26.2. The first-order valence-electron chi connectivity index (χ1n) is 9.12. The predicted molar refractivity (Wildman–Crippen MR) is 99.0 cm³/mol. The largest absolute Gasteiger partial charge is 0.463 e. The third kappa shape index (κ3) is 33.5. The van der Waals surface area contributed by atoms with Crippen molar-refractivity contribution in [2.45, 2.75) is 109 Å². The SMILES string of the molecule is CCCCCCCCCCCCCC(=O)OC(C)C.FC(F)(Cl)Cl. The van der Waals surface area contributed by atoms with Gasteiger partial charge in [-0.25, -0.2) is 0 Å². The normalized spacial score (nSPS) is 11.2. The van der Waals surface area contributed by atoms with E-state index in [1.54, 1.807) is 0 Å². The summed E-state index contributed by atoms with van der Waals surface area (Å²) in [4.78, 5) is 7.74. The van der Waals surface area contributed by atoms with Crippen molar-refractivity contribution in [3.8, 4) is 0 Å². The fourth-order valence-electron chi connectivity index (χ4n) is 2.26. The summed E-state index contributed by atoms with van der Waals surface area (Å²) in [5, 5.41) is 0. The van der Waals surface area contributed by atoms with E-state index in [2.05, 4.69) is 30.1 Å². The first-order chi connectivity index (χ1) is 11.2. The van der Waals surface area contributed by atoms with Crippen molar-refractivity contribution >= 4 is 29.2 Å². The molecule has 0 aromatic carbocycles. The summed E-state index contributed by atoms with van der Waals surface area (Å²) in [6.07, 6.45) is 15.1. The van der Waals surface area contributed by atoms with Gasteiger partial charge in [0.25, 0.3) is 0 Å². The van der Waals surface area contributed by atoms with Crippen molar-refractivity contribution in [2.75, 3.05) is 0 Å². The van der Waals surface area contributed by atoms with Crippen LogP contribution >= 0.6 is 23.2 Å². The van der Waals surface area contributed by atoms with Crippen LogP contribution in [0.5, 0.6) is 0 Å². The third-order valence-electron chi connectivity index (χ3n) is 3.35. The zero-order valence-electron chi connectivity index (χ0n) is 15.4. The highest BCUT2D eigenvalue weighted by atomic mass is 35.5. The number of ether oxygens (including phenoxy) is 1. The van der Waals surface area contributed by atoms with Crippen LogP contribution in [0.15, 0.2) is 0 Å². The van der Waals surface area contributed by atoms with E-state index in [0.29, 0.717) is 6.42 Å². The molecule has 0 aliphatic rings. The Labute approximate surface area is 156 Å². The van der Waals surface area contributed by atoms with Gasteiger partial charge in [0.1, 0.15) is 0 Å². The molecule has 0 amide bonds. The van der Waals surface area contributed by atoms with Crippen LogP contribution in [-0.4, -0.2) is 16.9 Å². The van der Waals surface area contributed by atoms with Gasteiger partial charge in [-0.1, -0.05) is 71.1 Å². The molecule has 0 aliphatic carbocycles. The molecule has 0 heterocycles. The van der Waals surface area contributed by atoms with Crippen molar-refractivity contribution in [1.82, 2.24) is 0 Å². The summed E-state index contributed by atoms with van der Waals surface area (Å²) in [6.45, 7) is 6.06. The summed E-state index contributed by atoms with van der Waals surface area (Å²) in [6, 6.07) is 0. The molecule has 146 valence electrons. The highest BCUT2D eigenvalue weighted by Gasteiger charge is 2.17. The first kappa shape index (κ1) is 26.1. The highest BCUT2D eigenvalue weighted by Crippen LogP contribution is 2.22. The molecular weight excluding hydrogens is 357 g/mol. The molecular formula is C18H34Cl2F2O2. The molecule has 24 heavy (non-hydrogen) atoms. The molecule has 0 saturated heterocycles. The van der Waals surface area contributed by atoms with E-state index in [1.807, 2.05) is 13.8 Å². The second-order valence-electron chi connectivity index (χ2n) is 6.25. The molecule has 0 spiro atoms. The van der Waals surface area contributed by atoms with E-state index < -0.39 is 4.84 Å². The van der Waals surface area contributed by atoms with Crippen LogP contribution in [-0.2, 0) is 9.53 Å². The Balaban J connectivity index is 0. The Bertz CT molecular complexity index is 277. The van der Waals surface area contributed by atoms with Crippen molar-refractivity contribution in [3.05, 3.63) is 0 Å². The van der Waals surface area contributed by atoms with E-state index in [4.69, 9.17) is 4.74 Å². The maximum atomic E-state index is 11.3. The van der Waals surface area contributed by atoms with Gasteiger partial charge in [0.05, 0.1) is 6.10 Å². The van der Waals surface area contributed by atoms with Crippen LogP contribution in [0.4, 0.5) is 8.78 Å². The number of hydrogen-bond donors (Lipinski definition) is 0. The number of rotatable bonds is 13. The lowest BCUT2D eigenvalue weighted by atomic mass is 10.1. The lowest BCUT2D eigenvalue weighted by Crippen LogP contribution is -2.10. The molecule has 0 unspecified atom stereocenters. The Morgan fingerprint density at radius 3 is 1.54 bits per heavy atom. The van der Waals surface area contributed by atoms with Crippen molar-refractivity contribution in [3.63, 3.8) is 0 Å². The quantitative estimate of drug-likeness (QED) is 0.183. The lowest BCUT2D eigenvalue weighted by Gasteiger charge is -2.07. The minimum atomic E-state index is -3.56. The summed E-state index contributed by atoms with van der Waals surface area (Å²) >= 11 is 7.92. The minimum absolute atomic E-state index is 0.0280. The lowest BCUT2D eigenvalue weighted by molar-refractivity contribution is -0.147. The zero-order valence-corrected chi connectivity index (χ0v) is 16.9. The van der Waals surface area contributed by atoms with Crippen LogP contribution < -0.4 is 0 Å². The van der Waals surface area contributed by atoms with E-state index in [0.717, 1.165) is 6.42 Å². The number of alkyl halides is 4. The van der Waals surface area contributed by atoms with Crippen molar-refractivity contribution in [1.29, 1.82) is 0 Å². The molecule has 0 bridgehead atoms. The van der Waals surface area contributed by atoms with Gasteiger partial charge < -0.3 is 4.74 Å². The van der Waals surface area contributed by atoms with Crippen LogP contribution in [0.25, 0.3) is 0 Å². The topological polar surface area (TPSA) is 26.3 Å². The van der Waals surface area contributed by atoms with Gasteiger partial charge in [-0.2, -0.15) is 8.78 Å². The number of esters is 1. The van der Waals surface area contributed by atoms with Crippen LogP contribution in [0.3, 0.4) is 0 Å². The highest BCUT2D eigenvalue weighted by molar-refractivity contribution is 6.45. The van der Waals surface area contributed by atoms with Crippen molar-refractivity contribution in [2.24, 2.45) is 0 Å². The van der Waals surface area contributed by atoms with Crippen LogP contribution in [0, 0.1) is 0 Å². The minimum Gasteiger partial charge on any atom is -0.463 e. The molecule has 6 heteroatoms. The van der Waals surface area contributed by atoms with E-state index in [1.165, 1.54) is 64.2 Å². The number of hydrogen-bond acceptors (Lipinski definition) is 2. The average molecular weight is 391 g/mol. The van der Waals surface area contributed by atoms with Gasteiger partial charge in [0.2, 0.25) is 0 Å². The molecule has 0 atom stereocenters. The molecule has 0 saturated carbocycles. The first-order valence-corrected chi connectivity index (χ1v) is 9.87. The fourth-order valence-corrected chi connectivity index (χ4v) is 2.26. The maximum Gasteiger partial charge on any atom is 0.401 e. The Hall–Kier alpha value is -0.0900. The number of carbonyl (C=O) groups is 1. The van der Waals surface area contributed by atoms with E-state index in [9.17, 15) is 13.6 Å². The molecule has 0 aliphatic heterocycles. The Morgan fingerprint density at radius 2 is 1.21 bits per heavy atom. The Kier molecular flexibility index (Phi) is 19.3. The summed E-state index contributed by atoms with van der Waals surface area (Å²) in [5.41, 5.74) is 0. The second kappa shape index (κ2) is 17.7. The number of carbonyl (C=O) groups excluding carboxylic acids is 1. The van der Waals surface area contributed by atoms with Gasteiger partial charge in [0, 0.05) is 6.42 Å². The monoisotopic (exact) mass is 390 g/mol. The van der Waals surface area contributed by atoms with E-state index >= 15 is 0 Å². The van der Waals surface area contributed by atoms with Crippen molar-refractivity contribution < 1.29 is 18.3 Å². The van der Waals surface area contributed by atoms with Gasteiger partial charge in [-0.15, -0.1) is 0 Å². The molecule has 0 aromatic heterocycles. The van der Waals surface area contributed by atoms with Gasteiger partial charge in [0.15, 0.2) is 0 Å². The van der Waals surface area contributed by atoms with Gasteiger partial charge in [-0.05, 0) is 43.5 Å². The smallest absolute Gasteiger partial charge is 0.401 e. The molecule has 2 nitrogen and oxygen atoms in total.